The second-order valence-electron chi connectivity index (χ2n) is 6.61. The minimum atomic E-state index is -3.20. The van der Waals surface area contributed by atoms with Crippen LogP contribution in [0, 0.1) is 5.92 Å². The molecule has 2 aliphatic rings. The van der Waals surface area contributed by atoms with Gasteiger partial charge in [0.05, 0.1) is 23.8 Å². The minimum Gasteiger partial charge on any atom is -0.379 e. The number of para-hydroxylation sites is 1. The normalized spacial score (nSPS) is 23.9. The van der Waals surface area contributed by atoms with Gasteiger partial charge in [0.15, 0.2) is 9.84 Å². The fourth-order valence-electron chi connectivity index (χ4n) is 3.61. The number of hydrogen-bond donors (Lipinski definition) is 0. The van der Waals surface area contributed by atoms with Gasteiger partial charge in [-0.15, -0.1) is 0 Å². The molecule has 2 saturated heterocycles. The number of ether oxygens (including phenoxy) is 1. The van der Waals surface area contributed by atoms with Gasteiger partial charge in [-0.3, -0.25) is 4.90 Å². The van der Waals surface area contributed by atoms with Crippen LogP contribution >= 0.6 is 0 Å². The summed E-state index contributed by atoms with van der Waals surface area (Å²) >= 11 is 0. The maximum atomic E-state index is 12.0. The lowest BCUT2D eigenvalue weighted by Gasteiger charge is -2.38. The summed E-state index contributed by atoms with van der Waals surface area (Å²) in [5.41, 5.74) is 0.863. The highest BCUT2D eigenvalue weighted by Gasteiger charge is 2.26. The summed E-state index contributed by atoms with van der Waals surface area (Å²) < 4.78 is 29.5. The van der Waals surface area contributed by atoms with E-state index in [1.54, 1.807) is 12.1 Å². The van der Waals surface area contributed by atoms with Crippen LogP contribution in [0.4, 0.5) is 5.69 Å². The number of rotatable bonds is 4. The predicted octanol–water partition coefficient (Wildman–Crippen LogP) is 1.64. The highest BCUT2D eigenvalue weighted by atomic mass is 32.2. The molecule has 1 aromatic rings. The molecule has 1 unspecified atom stereocenters. The zero-order valence-corrected chi connectivity index (χ0v) is 14.6. The highest BCUT2D eigenvalue weighted by molar-refractivity contribution is 7.90. The van der Waals surface area contributed by atoms with E-state index >= 15 is 0 Å². The smallest absolute Gasteiger partial charge is 0.177 e. The zero-order chi connectivity index (χ0) is 16.3. The Bertz CT molecular complexity index is 626. The maximum Gasteiger partial charge on any atom is 0.177 e. The number of nitrogens with zero attached hydrogens (tertiary/aromatic N) is 2. The van der Waals surface area contributed by atoms with Crippen molar-refractivity contribution in [1.29, 1.82) is 0 Å². The van der Waals surface area contributed by atoms with Crippen molar-refractivity contribution in [3.05, 3.63) is 24.3 Å². The van der Waals surface area contributed by atoms with Crippen LogP contribution in [0.15, 0.2) is 29.2 Å². The molecule has 5 nitrogen and oxygen atoms in total. The quantitative estimate of drug-likeness (QED) is 0.835. The lowest BCUT2D eigenvalue weighted by atomic mass is 9.96. The van der Waals surface area contributed by atoms with E-state index in [-0.39, 0.29) is 0 Å². The molecule has 0 amide bonds. The first-order valence-corrected chi connectivity index (χ1v) is 10.3. The molecule has 1 atom stereocenters. The second kappa shape index (κ2) is 7.20. The van der Waals surface area contributed by atoms with E-state index < -0.39 is 9.84 Å². The molecule has 3 rings (SSSR count). The van der Waals surface area contributed by atoms with Crippen molar-refractivity contribution in [2.24, 2.45) is 5.92 Å². The summed E-state index contributed by atoms with van der Waals surface area (Å²) in [5, 5.41) is 0. The van der Waals surface area contributed by atoms with Crippen LogP contribution in [0.1, 0.15) is 12.8 Å². The van der Waals surface area contributed by atoms with E-state index in [2.05, 4.69) is 9.80 Å². The molecule has 2 fully saturated rings. The van der Waals surface area contributed by atoms with Crippen molar-refractivity contribution in [3.8, 4) is 0 Å². The van der Waals surface area contributed by atoms with Crippen molar-refractivity contribution >= 4 is 15.5 Å². The first-order valence-electron chi connectivity index (χ1n) is 8.38. The van der Waals surface area contributed by atoms with E-state index in [1.165, 1.54) is 12.7 Å². The van der Waals surface area contributed by atoms with Crippen LogP contribution in [-0.4, -0.2) is 65.5 Å². The molecular weight excluding hydrogens is 312 g/mol. The van der Waals surface area contributed by atoms with Gasteiger partial charge >= 0.3 is 0 Å². The summed E-state index contributed by atoms with van der Waals surface area (Å²) in [5.74, 6) is 0.592. The molecule has 2 heterocycles. The predicted molar refractivity (Wildman–Crippen MR) is 91.7 cm³/mol. The zero-order valence-electron chi connectivity index (χ0n) is 13.8. The van der Waals surface area contributed by atoms with E-state index in [4.69, 9.17) is 4.74 Å². The van der Waals surface area contributed by atoms with Gasteiger partial charge in [-0.1, -0.05) is 12.1 Å². The fourth-order valence-corrected chi connectivity index (χ4v) is 4.52. The van der Waals surface area contributed by atoms with Gasteiger partial charge in [-0.2, -0.15) is 0 Å². The molecule has 6 heteroatoms. The number of hydrogen-bond acceptors (Lipinski definition) is 5. The van der Waals surface area contributed by atoms with E-state index in [1.807, 2.05) is 12.1 Å². The van der Waals surface area contributed by atoms with Crippen molar-refractivity contribution < 1.29 is 13.2 Å². The SMILES string of the molecule is CS(=O)(=O)c1ccccc1N1CCCC(CN2CCOCC2)C1. The number of piperidine rings is 1. The lowest BCUT2D eigenvalue weighted by Crippen LogP contribution is -2.44. The van der Waals surface area contributed by atoms with Gasteiger partial charge in [-0.05, 0) is 30.9 Å². The number of anilines is 1. The Morgan fingerprint density at radius 1 is 1.17 bits per heavy atom. The van der Waals surface area contributed by atoms with E-state index in [9.17, 15) is 8.42 Å². The van der Waals surface area contributed by atoms with Crippen molar-refractivity contribution in [2.45, 2.75) is 17.7 Å². The monoisotopic (exact) mass is 338 g/mol. The first kappa shape index (κ1) is 16.7. The van der Waals surface area contributed by atoms with E-state index in [0.717, 1.165) is 58.0 Å². The van der Waals surface area contributed by atoms with Crippen molar-refractivity contribution in [2.75, 3.05) is 57.1 Å². The molecular formula is C17H26N2O3S. The maximum absolute atomic E-state index is 12.0. The molecule has 2 aliphatic heterocycles. The standard InChI is InChI=1S/C17H26N2O3S/c1-23(20,21)17-7-3-2-6-16(17)19-8-4-5-15(14-19)13-18-9-11-22-12-10-18/h2-3,6-7,15H,4-5,8-14H2,1H3. The average molecular weight is 338 g/mol. The Labute approximate surface area is 139 Å². The molecule has 0 aromatic heterocycles. The second-order valence-corrected chi connectivity index (χ2v) is 8.59. The molecule has 1 aromatic carbocycles. The molecule has 0 N–H and O–H groups in total. The Balaban J connectivity index is 1.71. The first-order chi connectivity index (χ1) is 11.0. The fraction of sp³-hybridized carbons (Fsp3) is 0.647. The summed E-state index contributed by atoms with van der Waals surface area (Å²) in [6.07, 6.45) is 3.63. The molecule has 0 bridgehead atoms. The summed E-state index contributed by atoms with van der Waals surface area (Å²) in [4.78, 5) is 5.18. The molecule has 0 spiro atoms. The van der Waals surface area contributed by atoms with Gasteiger partial charge in [0.2, 0.25) is 0 Å². The molecule has 23 heavy (non-hydrogen) atoms. The van der Waals surface area contributed by atoms with Crippen LogP contribution in [0.25, 0.3) is 0 Å². The Morgan fingerprint density at radius 2 is 1.91 bits per heavy atom. The molecule has 0 aliphatic carbocycles. The van der Waals surface area contributed by atoms with Gasteiger partial charge in [0, 0.05) is 39.0 Å². The van der Waals surface area contributed by atoms with Gasteiger partial charge in [-0.25, -0.2) is 8.42 Å². The molecule has 0 saturated carbocycles. The summed E-state index contributed by atoms with van der Waals surface area (Å²) in [6.45, 7) is 6.63. The third kappa shape index (κ3) is 4.25. The van der Waals surface area contributed by atoms with Crippen molar-refractivity contribution in [1.82, 2.24) is 4.90 Å². The van der Waals surface area contributed by atoms with Crippen LogP contribution in [-0.2, 0) is 14.6 Å². The molecule has 128 valence electrons. The topological polar surface area (TPSA) is 49.9 Å². The molecule has 0 radical (unpaired) electrons. The van der Waals surface area contributed by atoms with Crippen LogP contribution in [0.2, 0.25) is 0 Å². The van der Waals surface area contributed by atoms with Crippen LogP contribution in [0.5, 0.6) is 0 Å². The van der Waals surface area contributed by atoms with Gasteiger partial charge in [0.1, 0.15) is 0 Å². The number of benzene rings is 1. The summed E-state index contributed by atoms with van der Waals surface area (Å²) in [6, 6.07) is 7.38. The number of sulfone groups is 1. The number of morpholine rings is 1. The third-order valence-corrected chi connectivity index (χ3v) is 5.89. The largest absolute Gasteiger partial charge is 0.379 e. The van der Waals surface area contributed by atoms with E-state index in [0.29, 0.717) is 10.8 Å². The van der Waals surface area contributed by atoms with Crippen LogP contribution < -0.4 is 4.90 Å². The Hall–Kier alpha value is -1.11. The summed E-state index contributed by atoms with van der Waals surface area (Å²) in [7, 11) is -3.20. The lowest BCUT2D eigenvalue weighted by molar-refractivity contribution is 0.0296. The third-order valence-electron chi connectivity index (χ3n) is 4.74. The van der Waals surface area contributed by atoms with Crippen molar-refractivity contribution in [3.63, 3.8) is 0 Å². The Morgan fingerprint density at radius 3 is 2.65 bits per heavy atom. The van der Waals surface area contributed by atoms with Gasteiger partial charge in [0.25, 0.3) is 0 Å². The van der Waals surface area contributed by atoms with Crippen LogP contribution in [0.3, 0.4) is 0 Å². The minimum absolute atomic E-state index is 0.451. The van der Waals surface area contributed by atoms with Gasteiger partial charge < -0.3 is 9.64 Å². The average Bonchev–Trinajstić information content (AvgIpc) is 2.55. The Kier molecular flexibility index (Phi) is 5.24. The highest BCUT2D eigenvalue weighted by Crippen LogP contribution is 2.29.